The minimum absolute atomic E-state index is 0.131. The topological polar surface area (TPSA) is 113 Å². The number of nitrogens with one attached hydrogen (secondary N) is 1. The van der Waals surface area contributed by atoms with Gasteiger partial charge in [-0.05, 0) is 25.0 Å². The number of nitrogens with zero attached hydrogens (tertiary/aromatic N) is 1. The van der Waals surface area contributed by atoms with Gasteiger partial charge in [-0.15, -0.1) is 0 Å². The molecule has 0 unspecified atom stereocenters. The maximum atomic E-state index is 13.6. The highest BCUT2D eigenvalue weighted by Crippen LogP contribution is 2.17. The van der Waals surface area contributed by atoms with Gasteiger partial charge >= 0.3 is 0 Å². The van der Waals surface area contributed by atoms with Gasteiger partial charge in [-0.3, -0.25) is 4.79 Å². The molecule has 2 rings (SSSR count). The molecule has 206 valence electrons. The fourth-order valence-corrected chi connectivity index (χ4v) is 4.76. The summed E-state index contributed by atoms with van der Waals surface area (Å²) in [5.74, 6) is -0.511. The number of hydrogen-bond donors (Lipinski definition) is 1. The number of aryl methyl sites for hydroxylation is 1. The predicted molar refractivity (Wildman–Crippen MR) is 135 cm³/mol. The van der Waals surface area contributed by atoms with Crippen LogP contribution in [0.1, 0.15) is 25.8 Å². The van der Waals surface area contributed by atoms with Gasteiger partial charge in [0.15, 0.2) is 0 Å². The van der Waals surface area contributed by atoms with Crippen LogP contribution < -0.4 is 4.72 Å². The highest BCUT2D eigenvalue weighted by Gasteiger charge is 2.32. The zero-order valence-electron chi connectivity index (χ0n) is 21.8. The SMILES string of the molecule is CC[C@H](C)[C@H](NS(=O)(=O)c1ccc(C)cc1)C(=O)N1CCOCCOCCOCCOCCOCC1. The second kappa shape index (κ2) is 17.0. The molecule has 1 aliphatic rings. The van der Waals surface area contributed by atoms with Crippen LogP contribution in [0.3, 0.4) is 0 Å². The fraction of sp³-hybridized carbons (Fsp3) is 0.720. The number of ether oxygens (including phenoxy) is 5. The number of hydrogen-bond acceptors (Lipinski definition) is 8. The quantitative estimate of drug-likeness (QED) is 0.591. The molecule has 2 atom stereocenters. The molecule has 0 aliphatic carbocycles. The molecule has 1 aliphatic heterocycles. The Balaban J connectivity index is 2.08. The highest BCUT2D eigenvalue weighted by atomic mass is 32.2. The van der Waals surface area contributed by atoms with Gasteiger partial charge in [-0.1, -0.05) is 38.0 Å². The Labute approximate surface area is 215 Å². The molecule has 1 aromatic rings. The smallest absolute Gasteiger partial charge is 0.241 e. The molecule has 1 heterocycles. The fourth-order valence-electron chi connectivity index (χ4n) is 3.46. The van der Waals surface area contributed by atoms with E-state index < -0.39 is 16.1 Å². The van der Waals surface area contributed by atoms with Crippen molar-refractivity contribution >= 4 is 15.9 Å². The molecule has 1 saturated heterocycles. The number of sulfonamides is 1. The van der Waals surface area contributed by atoms with E-state index >= 15 is 0 Å². The Morgan fingerprint density at radius 1 is 0.833 bits per heavy atom. The van der Waals surface area contributed by atoms with E-state index in [1.807, 2.05) is 20.8 Å². The maximum Gasteiger partial charge on any atom is 0.241 e. The van der Waals surface area contributed by atoms with Crippen LogP contribution in [0.4, 0.5) is 0 Å². The van der Waals surface area contributed by atoms with Crippen LogP contribution in [0.15, 0.2) is 29.2 Å². The predicted octanol–water partition coefficient (Wildman–Crippen LogP) is 1.61. The summed E-state index contributed by atoms with van der Waals surface area (Å²) in [5, 5.41) is 0. The molecule has 1 fully saturated rings. The third-order valence-electron chi connectivity index (χ3n) is 5.90. The lowest BCUT2D eigenvalue weighted by molar-refractivity contribution is -0.136. The van der Waals surface area contributed by atoms with E-state index in [-0.39, 0.29) is 16.7 Å². The first kappa shape index (κ1) is 30.6. The van der Waals surface area contributed by atoms with Gasteiger partial charge in [-0.25, -0.2) is 8.42 Å². The summed E-state index contributed by atoms with van der Waals surface area (Å²) in [6.45, 7) is 10.4. The van der Waals surface area contributed by atoms with E-state index in [1.54, 1.807) is 29.2 Å². The Morgan fingerprint density at radius 2 is 1.25 bits per heavy atom. The Kier molecular flexibility index (Phi) is 14.5. The van der Waals surface area contributed by atoms with Crippen molar-refractivity contribution in [2.75, 3.05) is 79.2 Å². The van der Waals surface area contributed by atoms with Crippen LogP contribution >= 0.6 is 0 Å². The van der Waals surface area contributed by atoms with Gasteiger partial charge < -0.3 is 28.6 Å². The average Bonchev–Trinajstić information content (AvgIpc) is 2.86. The van der Waals surface area contributed by atoms with Crippen molar-refractivity contribution in [1.29, 1.82) is 0 Å². The van der Waals surface area contributed by atoms with Crippen molar-refractivity contribution in [3.63, 3.8) is 0 Å². The Morgan fingerprint density at radius 3 is 1.67 bits per heavy atom. The summed E-state index contributed by atoms with van der Waals surface area (Å²) < 4.78 is 56.5. The van der Waals surface area contributed by atoms with Crippen LogP contribution in [0.2, 0.25) is 0 Å². The second-order valence-electron chi connectivity index (χ2n) is 8.68. The minimum atomic E-state index is -3.88. The van der Waals surface area contributed by atoms with Crippen molar-refractivity contribution < 1.29 is 36.9 Å². The first-order chi connectivity index (χ1) is 17.3. The number of benzene rings is 1. The van der Waals surface area contributed by atoms with Crippen LogP contribution in [0.5, 0.6) is 0 Å². The Hall–Kier alpha value is -1.60. The van der Waals surface area contributed by atoms with Crippen molar-refractivity contribution in [1.82, 2.24) is 9.62 Å². The molecule has 10 nitrogen and oxygen atoms in total. The molecular formula is C25H42N2O8S. The Bertz CT molecular complexity index is 832. The summed E-state index contributed by atoms with van der Waals surface area (Å²) in [4.78, 5) is 15.3. The van der Waals surface area contributed by atoms with Gasteiger partial charge in [0.05, 0.1) is 71.0 Å². The molecule has 0 aromatic heterocycles. The van der Waals surface area contributed by atoms with Crippen LogP contribution in [-0.2, 0) is 38.5 Å². The highest BCUT2D eigenvalue weighted by molar-refractivity contribution is 7.89. The van der Waals surface area contributed by atoms with E-state index in [2.05, 4.69) is 4.72 Å². The molecule has 0 saturated carbocycles. The molecular weight excluding hydrogens is 488 g/mol. The molecule has 0 radical (unpaired) electrons. The standard InChI is InChI=1S/C25H42N2O8S/c1-4-22(3)24(26-36(29,30)23-7-5-21(2)6-8-23)25(28)27-9-11-31-13-15-33-17-19-35-20-18-34-16-14-32-12-10-27/h5-8,22,24,26H,4,9-20H2,1-3H3/t22-,24-/m0/s1. The second-order valence-corrected chi connectivity index (χ2v) is 10.4. The molecule has 11 heteroatoms. The lowest BCUT2D eigenvalue weighted by Gasteiger charge is -2.30. The largest absolute Gasteiger partial charge is 0.377 e. The molecule has 0 bridgehead atoms. The van der Waals surface area contributed by atoms with Gasteiger partial charge in [0, 0.05) is 13.1 Å². The average molecular weight is 531 g/mol. The third kappa shape index (κ3) is 11.2. The van der Waals surface area contributed by atoms with Gasteiger partial charge in [0.1, 0.15) is 6.04 Å². The third-order valence-corrected chi connectivity index (χ3v) is 7.36. The van der Waals surface area contributed by atoms with E-state index in [0.29, 0.717) is 85.6 Å². The van der Waals surface area contributed by atoms with Crippen molar-refractivity contribution in [2.24, 2.45) is 5.92 Å². The first-order valence-corrected chi connectivity index (χ1v) is 14.1. The number of amides is 1. The zero-order chi connectivity index (χ0) is 26.2. The van der Waals surface area contributed by atoms with Crippen molar-refractivity contribution in [3.8, 4) is 0 Å². The molecule has 1 aromatic carbocycles. The van der Waals surface area contributed by atoms with Crippen LogP contribution in [0.25, 0.3) is 0 Å². The first-order valence-electron chi connectivity index (χ1n) is 12.6. The van der Waals surface area contributed by atoms with Gasteiger partial charge in [0.25, 0.3) is 0 Å². The molecule has 0 spiro atoms. The monoisotopic (exact) mass is 530 g/mol. The van der Waals surface area contributed by atoms with E-state index in [9.17, 15) is 13.2 Å². The van der Waals surface area contributed by atoms with Gasteiger partial charge in [-0.2, -0.15) is 4.72 Å². The van der Waals surface area contributed by atoms with Gasteiger partial charge in [0.2, 0.25) is 15.9 Å². The summed E-state index contributed by atoms with van der Waals surface area (Å²) >= 11 is 0. The number of carbonyl (C=O) groups is 1. The maximum absolute atomic E-state index is 13.6. The van der Waals surface area contributed by atoms with Crippen LogP contribution in [-0.4, -0.2) is 104 Å². The lowest BCUT2D eigenvalue weighted by atomic mass is 9.99. The van der Waals surface area contributed by atoms with E-state index in [4.69, 9.17) is 23.7 Å². The summed E-state index contributed by atoms with van der Waals surface area (Å²) in [6, 6.07) is 5.65. The number of carbonyl (C=O) groups excluding carboxylic acids is 1. The van der Waals surface area contributed by atoms with E-state index in [0.717, 1.165) is 5.56 Å². The van der Waals surface area contributed by atoms with Crippen LogP contribution in [0, 0.1) is 12.8 Å². The molecule has 1 N–H and O–H groups in total. The summed E-state index contributed by atoms with van der Waals surface area (Å²) in [6.07, 6.45) is 0.631. The molecule has 1 amide bonds. The van der Waals surface area contributed by atoms with Crippen molar-refractivity contribution in [2.45, 2.75) is 38.1 Å². The summed E-state index contributed by atoms with van der Waals surface area (Å²) in [5.41, 5.74) is 0.955. The number of rotatable bonds is 6. The normalized spacial score (nSPS) is 20.1. The lowest BCUT2D eigenvalue weighted by Crippen LogP contribution is -2.53. The minimum Gasteiger partial charge on any atom is -0.377 e. The van der Waals surface area contributed by atoms with Crippen molar-refractivity contribution in [3.05, 3.63) is 29.8 Å². The molecule has 36 heavy (non-hydrogen) atoms. The summed E-state index contributed by atoms with van der Waals surface area (Å²) in [7, 11) is -3.88. The zero-order valence-corrected chi connectivity index (χ0v) is 22.6. The van der Waals surface area contributed by atoms with E-state index in [1.165, 1.54) is 0 Å².